The first-order valence-corrected chi connectivity index (χ1v) is 4.34. The van der Waals surface area contributed by atoms with Crippen molar-refractivity contribution >= 4 is 17.2 Å². The quantitative estimate of drug-likeness (QED) is 0.715. The van der Waals surface area contributed by atoms with E-state index in [4.69, 9.17) is 5.73 Å². The maximum Gasteiger partial charge on any atom is 0.131 e. The lowest BCUT2D eigenvalue weighted by Crippen LogP contribution is -1.97. The number of anilines is 1. The van der Waals surface area contributed by atoms with E-state index in [1.54, 1.807) is 28.4 Å². The predicted octanol–water partition coefficient (Wildman–Crippen LogP) is 1.13. The molecule has 12 heavy (non-hydrogen) atoms. The summed E-state index contributed by atoms with van der Waals surface area (Å²) < 4.78 is 1.64. The van der Waals surface area contributed by atoms with Crippen LogP contribution in [0.2, 0.25) is 0 Å². The van der Waals surface area contributed by atoms with Crippen molar-refractivity contribution in [2.75, 3.05) is 5.73 Å². The highest BCUT2D eigenvalue weighted by Crippen LogP contribution is 2.26. The van der Waals surface area contributed by atoms with Gasteiger partial charge in [-0.05, 0) is 0 Å². The van der Waals surface area contributed by atoms with Gasteiger partial charge in [0.25, 0.3) is 0 Å². The summed E-state index contributed by atoms with van der Waals surface area (Å²) in [6.07, 6.45) is 3.49. The van der Waals surface area contributed by atoms with Crippen LogP contribution >= 0.6 is 11.3 Å². The van der Waals surface area contributed by atoms with Crippen LogP contribution in [0.1, 0.15) is 0 Å². The van der Waals surface area contributed by atoms with Gasteiger partial charge in [-0.15, -0.1) is 11.3 Å². The first-order valence-electron chi connectivity index (χ1n) is 3.46. The minimum absolute atomic E-state index is 0.657. The van der Waals surface area contributed by atoms with E-state index in [1.807, 2.05) is 12.4 Å². The Bertz CT molecular complexity index is 376. The summed E-state index contributed by atoms with van der Waals surface area (Å²) in [7, 11) is 1.81. The van der Waals surface area contributed by atoms with Gasteiger partial charge in [0.05, 0.1) is 11.8 Å². The molecule has 0 saturated carbocycles. The Balaban J connectivity index is 2.55. The van der Waals surface area contributed by atoms with Crippen LogP contribution in [0.25, 0.3) is 10.6 Å². The number of aromatic nitrogens is 3. The van der Waals surface area contributed by atoms with Gasteiger partial charge in [-0.1, -0.05) is 0 Å². The van der Waals surface area contributed by atoms with Gasteiger partial charge in [-0.25, -0.2) is 4.98 Å². The lowest BCUT2D eigenvalue weighted by Gasteiger charge is -1.94. The van der Waals surface area contributed by atoms with Crippen molar-refractivity contribution in [3.8, 4) is 10.6 Å². The molecule has 2 rings (SSSR count). The number of hydrogen-bond donors (Lipinski definition) is 1. The molecular formula is C7H8N4S. The first-order chi connectivity index (χ1) is 5.79. The second kappa shape index (κ2) is 2.60. The SMILES string of the molecule is Cn1ncc(-c2nccs2)c1N. The number of nitrogens with zero attached hydrogens (tertiary/aromatic N) is 3. The van der Waals surface area contributed by atoms with E-state index >= 15 is 0 Å². The third-order valence-electron chi connectivity index (χ3n) is 1.65. The van der Waals surface area contributed by atoms with Crippen molar-refractivity contribution in [3.05, 3.63) is 17.8 Å². The molecule has 4 nitrogen and oxygen atoms in total. The highest BCUT2D eigenvalue weighted by atomic mass is 32.1. The van der Waals surface area contributed by atoms with E-state index in [2.05, 4.69) is 10.1 Å². The molecule has 2 N–H and O–H groups in total. The van der Waals surface area contributed by atoms with E-state index in [-0.39, 0.29) is 0 Å². The zero-order valence-electron chi connectivity index (χ0n) is 6.56. The second-order valence-corrected chi connectivity index (χ2v) is 3.30. The minimum atomic E-state index is 0.657. The molecule has 0 aliphatic heterocycles. The summed E-state index contributed by atoms with van der Waals surface area (Å²) in [5.74, 6) is 0.657. The van der Waals surface area contributed by atoms with Gasteiger partial charge in [-0.3, -0.25) is 4.68 Å². The van der Waals surface area contributed by atoms with Crippen LogP contribution in [0.4, 0.5) is 5.82 Å². The third kappa shape index (κ3) is 0.984. The van der Waals surface area contributed by atoms with Crippen LogP contribution in [0, 0.1) is 0 Å². The number of nitrogen functional groups attached to an aromatic ring is 1. The summed E-state index contributed by atoms with van der Waals surface area (Å²) in [4.78, 5) is 4.15. The lowest BCUT2D eigenvalue weighted by atomic mass is 10.3. The number of rotatable bonds is 1. The van der Waals surface area contributed by atoms with Gasteiger partial charge in [0, 0.05) is 18.6 Å². The monoisotopic (exact) mass is 180 g/mol. The second-order valence-electron chi connectivity index (χ2n) is 2.40. The molecule has 2 heterocycles. The van der Waals surface area contributed by atoms with Crippen molar-refractivity contribution in [1.82, 2.24) is 14.8 Å². The normalized spacial score (nSPS) is 10.4. The Morgan fingerprint density at radius 1 is 1.58 bits per heavy atom. The summed E-state index contributed by atoms with van der Waals surface area (Å²) in [6, 6.07) is 0. The molecule has 0 aromatic carbocycles. The Hall–Kier alpha value is -1.36. The molecule has 0 amide bonds. The van der Waals surface area contributed by atoms with Gasteiger partial charge in [0.1, 0.15) is 10.8 Å². The minimum Gasteiger partial charge on any atom is -0.383 e. The van der Waals surface area contributed by atoms with E-state index < -0.39 is 0 Å². The topological polar surface area (TPSA) is 56.7 Å². The summed E-state index contributed by atoms with van der Waals surface area (Å²) in [6.45, 7) is 0. The number of nitrogens with two attached hydrogens (primary N) is 1. The van der Waals surface area contributed by atoms with Gasteiger partial charge >= 0.3 is 0 Å². The standard InChI is InChI=1S/C7H8N4S/c1-11-6(8)5(4-10-11)7-9-2-3-12-7/h2-4H,8H2,1H3. The fourth-order valence-electron chi connectivity index (χ4n) is 0.968. The highest BCUT2D eigenvalue weighted by Gasteiger charge is 2.08. The molecule has 0 fully saturated rings. The predicted molar refractivity (Wildman–Crippen MR) is 48.7 cm³/mol. The zero-order valence-corrected chi connectivity index (χ0v) is 7.38. The fourth-order valence-corrected chi connectivity index (χ4v) is 1.62. The van der Waals surface area contributed by atoms with Gasteiger partial charge in [0.15, 0.2) is 0 Å². The van der Waals surface area contributed by atoms with Gasteiger partial charge in [0.2, 0.25) is 0 Å². The average molecular weight is 180 g/mol. The molecule has 0 saturated heterocycles. The van der Waals surface area contributed by atoms with Crippen LogP contribution in [0.3, 0.4) is 0 Å². The smallest absolute Gasteiger partial charge is 0.131 e. The van der Waals surface area contributed by atoms with E-state index in [1.165, 1.54) is 0 Å². The molecule has 2 aromatic heterocycles. The number of hydrogen-bond acceptors (Lipinski definition) is 4. The average Bonchev–Trinajstić information content (AvgIpc) is 2.64. The van der Waals surface area contributed by atoms with Crippen molar-refractivity contribution in [1.29, 1.82) is 0 Å². The Morgan fingerprint density at radius 3 is 2.92 bits per heavy atom. The van der Waals surface area contributed by atoms with Gasteiger partial charge < -0.3 is 5.73 Å². The molecular weight excluding hydrogens is 172 g/mol. The van der Waals surface area contributed by atoms with E-state index in [0.29, 0.717) is 5.82 Å². The molecule has 5 heteroatoms. The molecule has 2 aromatic rings. The number of thiazole rings is 1. The van der Waals surface area contributed by atoms with Crippen LogP contribution in [0.15, 0.2) is 17.8 Å². The van der Waals surface area contributed by atoms with Crippen molar-refractivity contribution < 1.29 is 0 Å². The largest absolute Gasteiger partial charge is 0.383 e. The highest BCUT2D eigenvalue weighted by molar-refractivity contribution is 7.13. The summed E-state index contributed by atoms with van der Waals surface area (Å²) >= 11 is 1.56. The molecule has 62 valence electrons. The maximum atomic E-state index is 5.76. The van der Waals surface area contributed by atoms with Crippen molar-refractivity contribution in [2.45, 2.75) is 0 Å². The summed E-state index contributed by atoms with van der Waals surface area (Å²) in [5, 5.41) is 6.87. The van der Waals surface area contributed by atoms with Crippen molar-refractivity contribution in [3.63, 3.8) is 0 Å². The van der Waals surface area contributed by atoms with E-state index in [0.717, 1.165) is 10.6 Å². The third-order valence-corrected chi connectivity index (χ3v) is 2.45. The molecule has 0 unspecified atom stereocenters. The maximum absolute atomic E-state index is 5.76. The fraction of sp³-hybridized carbons (Fsp3) is 0.143. The van der Waals surface area contributed by atoms with Crippen LogP contribution in [-0.4, -0.2) is 14.8 Å². The summed E-state index contributed by atoms with van der Waals surface area (Å²) in [5.41, 5.74) is 6.67. The molecule has 0 aliphatic carbocycles. The molecule has 0 aliphatic rings. The molecule has 0 radical (unpaired) electrons. The lowest BCUT2D eigenvalue weighted by molar-refractivity contribution is 0.779. The van der Waals surface area contributed by atoms with Crippen LogP contribution < -0.4 is 5.73 Å². The first kappa shape index (κ1) is 7.30. The van der Waals surface area contributed by atoms with E-state index in [9.17, 15) is 0 Å². The van der Waals surface area contributed by atoms with Crippen LogP contribution in [-0.2, 0) is 7.05 Å². The Kier molecular flexibility index (Phi) is 1.58. The number of aryl methyl sites for hydroxylation is 1. The Labute approximate surface area is 73.7 Å². The van der Waals surface area contributed by atoms with Gasteiger partial charge in [-0.2, -0.15) is 5.10 Å². The Morgan fingerprint density at radius 2 is 2.42 bits per heavy atom. The molecule has 0 bridgehead atoms. The van der Waals surface area contributed by atoms with Crippen molar-refractivity contribution in [2.24, 2.45) is 7.05 Å². The molecule has 0 spiro atoms. The molecule has 0 atom stereocenters. The zero-order chi connectivity index (χ0) is 8.55. The van der Waals surface area contributed by atoms with Crippen LogP contribution in [0.5, 0.6) is 0 Å².